The smallest absolute Gasteiger partial charge is 0.142 e. The maximum absolute atomic E-state index is 9.29. The molecule has 3 heteroatoms. The van der Waals surface area contributed by atoms with Crippen LogP contribution in [0.2, 0.25) is 0 Å². The van der Waals surface area contributed by atoms with Crippen molar-refractivity contribution in [2.24, 2.45) is 0 Å². The van der Waals surface area contributed by atoms with Gasteiger partial charge in [0, 0.05) is 5.56 Å². The first-order valence-corrected chi connectivity index (χ1v) is 6.40. The molecule has 3 rings (SSSR count). The van der Waals surface area contributed by atoms with Crippen LogP contribution in [-0.4, -0.2) is 9.78 Å². The van der Waals surface area contributed by atoms with E-state index in [1.54, 1.807) is 0 Å². The van der Waals surface area contributed by atoms with E-state index in [-0.39, 0.29) is 0 Å². The molecule has 1 fully saturated rings. The van der Waals surface area contributed by atoms with E-state index in [1.807, 2.05) is 4.68 Å². The minimum Gasteiger partial charge on any atom is -0.251 e. The molecule has 0 unspecified atom stereocenters. The summed E-state index contributed by atoms with van der Waals surface area (Å²) in [5, 5.41) is 14.0. The first kappa shape index (κ1) is 9.89. The highest BCUT2D eigenvalue weighted by Crippen LogP contribution is 2.32. The van der Waals surface area contributed by atoms with Crippen LogP contribution in [0.5, 0.6) is 0 Å². The number of aromatic nitrogens is 2. The first-order valence-electron chi connectivity index (χ1n) is 6.40. The third kappa shape index (κ3) is 1.44. The van der Waals surface area contributed by atoms with Crippen LogP contribution in [0.3, 0.4) is 0 Å². The molecule has 2 aliphatic carbocycles. The molecule has 1 aromatic heterocycles. The van der Waals surface area contributed by atoms with E-state index in [0.29, 0.717) is 6.04 Å². The minimum absolute atomic E-state index is 0.494. The Morgan fingerprint density at radius 3 is 2.69 bits per heavy atom. The Hall–Kier alpha value is -1.30. The Morgan fingerprint density at radius 2 is 1.94 bits per heavy atom. The average molecular weight is 215 g/mol. The zero-order chi connectivity index (χ0) is 11.0. The fourth-order valence-corrected chi connectivity index (χ4v) is 3.12. The molecule has 0 saturated heterocycles. The van der Waals surface area contributed by atoms with Gasteiger partial charge >= 0.3 is 0 Å². The van der Waals surface area contributed by atoms with Gasteiger partial charge in [-0.2, -0.15) is 10.4 Å². The highest BCUT2D eigenvalue weighted by molar-refractivity contribution is 5.38. The van der Waals surface area contributed by atoms with Crippen LogP contribution >= 0.6 is 0 Å². The van der Waals surface area contributed by atoms with Gasteiger partial charge in [-0.25, -0.2) is 0 Å². The summed E-state index contributed by atoms with van der Waals surface area (Å²) in [6.07, 6.45) is 9.65. The lowest BCUT2D eigenvalue weighted by Gasteiger charge is -2.22. The minimum atomic E-state index is 0.494. The molecule has 2 aliphatic rings. The van der Waals surface area contributed by atoms with Gasteiger partial charge in [-0.15, -0.1) is 0 Å². The molecule has 0 aliphatic heterocycles. The number of nitrogens with zero attached hydrogens (tertiary/aromatic N) is 3. The highest BCUT2D eigenvalue weighted by Gasteiger charge is 2.26. The second kappa shape index (κ2) is 3.93. The largest absolute Gasteiger partial charge is 0.251 e. The van der Waals surface area contributed by atoms with Gasteiger partial charge in [-0.1, -0.05) is 19.3 Å². The summed E-state index contributed by atoms with van der Waals surface area (Å²) in [5.41, 5.74) is 3.30. The Labute approximate surface area is 96.1 Å². The second-order valence-electron chi connectivity index (χ2n) is 4.98. The Bertz CT molecular complexity index is 433. The zero-order valence-corrected chi connectivity index (χ0v) is 9.58. The first-order chi connectivity index (χ1) is 7.90. The molecule has 1 heterocycles. The van der Waals surface area contributed by atoms with Crippen molar-refractivity contribution in [1.29, 1.82) is 5.26 Å². The van der Waals surface area contributed by atoms with E-state index in [4.69, 9.17) is 0 Å². The van der Waals surface area contributed by atoms with Crippen molar-refractivity contribution in [3.63, 3.8) is 0 Å². The lowest BCUT2D eigenvalue weighted by atomic mass is 9.95. The summed E-state index contributed by atoms with van der Waals surface area (Å²) >= 11 is 0. The highest BCUT2D eigenvalue weighted by atomic mass is 15.3. The van der Waals surface area contributed by atoms with Gasteiger partial charge in [0.2, 0.25) is 0 Å². The monoisotopic (exact) mass is 215 g/mol. The van der Waals surface area contributed by atoms with E-state index >= 15 is 0 Å². The SMILES string of the molecule is N#Cc1c2c(nn1C1CCCCC1)CCC2. The molecule has 0 radical (unpaired) electrons. The fourth-order valence-electron chi connectivity index (χ4n) is 3.12. The predicted octanol–water partition coefficient (Wildman–Crippen LogP) is 2.75. The number of nitriles is 1. The summed E-state index contributed by atoms with van der Waals surface area (Å²) in [7, 11) is 0. The number of hydrogen-bond donors (Lipinski definition) is 0. The third-order valence-electron chi connectivity index (χ3n) is 3.96. The van der Waals surface area contributed by atoms with E-state index in [0.717, 1.165) is 18.5 Å². The molecule has 1 saturated carbocycles. The number of fused-ring (bicyclic) bond motifs is 1. The van der Waals surface area contributed by atoms with Gasteiger partial charge in [0.1, 0.15) is 11.8 Å². The topological polar surface area (TPSA) is 41.6 Å². The Balaban J connectivity index is 1.97. The molecular formula is C13H17N3. The number of rotatable bonds is 1. The van der Waals surface area contributed by atoms with Crippen LogP contribution in [0.1, 0.15) is 61.5 Å². The van der Waals surface area contributed by atoms with Gasteiger partial charge in [-0.05, 0) is 32.1 Å². The lowest BCUT2D eigenvalue weighted by molar-refractivity contribution is 0.325. The lowest BCUT2D eigenvalue weighted by Crippen LogP contribution is -2.16. The zero-order valence-electron chi connectivity index (χ0n) is 9.58. The van der Waals surface area contributed by atoms with E-state index in [1.165, 1.54) is 49.8 Å². The summed E-state index contributed by atoms with van der Waals surface area (Å²) in [6.45, 7) is 0. The summed E-state index contributed by atoms with van der Waals surface area (Å²) in [4.78, 5) is 0. The van der Waals surface area contributed by atoms with Crippen molar-refractivity contribution in [1.82, 2.24) is 9.78 Å². The molecular weight excluding hydrogens is 198 g/mol. The third-order valence-corrected chi connectivity index (χ3v) is 3.96. The van der Waals surface area contributed by atoms with Crippen LogP contribution in [0, 0.1) is 11.3 Å². The van der Waals surface area contributed by atoms with Gasteiger partial charge < -0.3 is 0 Å². The van der Waals surface area contributed by atoms with Crippen molar-refractivity contribution in [2.75, 3.05) is 0 Å². The normalized spacial score (nSPS) is 20.7. The Kier molecular flexibility index (Phi) is 2.43. The van der Waals surface area contributed by atoms with Gasteiger partial charge in [0.15, 0.2) is 0 Å². The van der Waals surface area contributed by atoms with E-state index in [2.05, 4.69) is 11.2 Å². The van der Waals surface area contributed by atoms with Crippen LogP contribution in [0.15, 0.2) is 0 Å². The molecule has 3 nitrogen and oxygen atoms in total. The van der Waals surface area contributed by atoms with Gasteiger partial charge in [0.25, 0.3) is 0 Å². The van der Waals surface area contributed by atoms with Crippen LogP contribution in [0.4, 0.5) is 0 Å². The van der Waals surface area contributed by atoms with Crippen molar-refractivity contribution < 1.29 is 0 Å². The van der Waals surface area contributed by atoms with E-state index in [9.17, 15) is 5.26 Å². The number of aryl methyl sites for hydroxylation is 1. The van der Waals surface area contributed by atoms with Crippen molar-refractivity contribution in [3.8, 4) is 6.07 Å². The maximum Gasteiger partial charge on any atom is 0.142 e. The molecule has 0 aromatic carbocycles. The molecule has 0 amide bonds. The maximum atomic E-state index is 9.29. The molecule has 0 N–H and O–H groups in total. The van der Waals surface area contributed by atoms with E-state index < -0.39 is 0 Å². The molecule has 84 valence electrons. The molecule has 0 atom stereocenters. The molecule has 1 aromatic rings. The molecule has 16 heavy (non-hydrogen) atoms. The van der Waals surface area contributed by atoms with Crippen LogP contribution in [0.25, 0.3) is 0 Å². The van der Waals surface area contributed by atoms with Gasteiger partial charge in [0.05, 0.1) is 11.7 Å². The predicted molar refractivity (Wildman–Crippen MR) is 61.1 cm³/mol. The summed E-state index contributed by atoms with van der Waals surface area (Å²) in [6, 6.07) is 2.87. The quantitative estimate of drug-likeness (QED) is 0.722. The standard InChI is InChI=1S/C13H17N3/c14-9-13-11-7-4-8-12(11)15-16(13)10-5-2-1-3-6-10/h10H,1-8H2. The van der Waals surface area contributed by atoms with Crippen molar-refractivity contribution in [2.45, 2.75) is 57.4 Å². The fraction of sp³-hybridized carbons (Fsp3) is 0.692. The summed E-state index contributed by atoms with van der Waals surface area (Å²) < 4.78 is 2.04. The molecule has 0 spiro atoms. The van der Waals surface area contributed by atoms with Crippen LogP contribution < -0.4 is 0 Å². The average Bonchev–Trinajstić information content (AvgIpc) is 2.89. The van der Waals surface area contributed by atoms with Crippen molar-refractivity contribution >= 4 is 0 Å². The molecule has 0 bridgehead atoms. The Morgan fingerprint density at radius 1 is 1.12 bits per heavy atom. The van der Waals surface area contributed by atoms with Crippen LogP contribution in [-0.2, 0) is 12.8 Å². The number of hydrogen-bond acceptors (Lipinski definition) is 2. The van der Waals surface area contributed by atoms with Crippen molar-refractivity contribution in [3.05, 3.63) is 17.0 Å². The van der Waals surface area contributed by atoms with Gasteiger partial charge in [-0.3, -0.25) is 4.68 Å². The summed E-state index contributed by atoms with van der Waals surface area (Å²) in [5.74, 6) is 0. The second-order valence-corrected chi connectivity index (χ2v) is 4.98.